The molecule has 3 rings (SSSR count). The summed E-state index contributed by atoms with van der Waals surface area (Å²) in [6.07, 6.45) is 1.66. The van der Waals surface area contributed by atoms with E-state index in [0.29, 0.717) is 16.4 Å². The number of para-hydroxylation sites is 1. The number of benzene rings is 3. The molecule has 3 aromatic carbocycles. The first-order valence-electron chi connectivity index (χ1n) is 8.14. The molecule has 0 saturated heterocycles. The predicted octanol–water partition coefficient (Wildman–Crippen LogP) is 5.72. The molecule has 5 heteroatoms. The van der Waals surface area contributed by atoms with Gasteiger partial charge in [-0.05, 0) is 48.9 Å². The summed E-state index contributed by atoms with van der Waals surface area (Å²) < 4.78 is 0. The van der Waals surface area contributed by atoms with Crippen LogP contribution in [0, 0.1) is 6.92 Å². The Hall–Kier alpha value is -3.11. The van der Waals surface area contributed by atoms with Crippen molar-refractivity contribution in [3.05, 3.63) is 95.0 Å². The number of hydrazone groups is 1. The molecule has 3 aromatic rings. The van der Waals surface area contributed by atoms with Crippen molar-refractivity contribution in [3.8, 4) is 0 Å². The molecule has 0 fully saturated rings. The number of carbonyl (C=O) groups is 1. The lowest BCUT2D eigenvalue weighted by Gasteiger charge is -2.18. The molecule has 0 saturated carbocycles. The number of rotatable bonds is 4. The quantitative estimate of drug-likeness (QED) is 0.467. The average Bonchev–Trinajstić information content (AvgIpc) is 2.66. The summed E-state index contributed by atoms with van der Waals surface area (Å²) in [5.41, 5.74) is 3.39. The molecule has 0 atom stereocenters. The number of nitrogens with one attached hydrogen (secondary N) is 1. The van der Waals surface area contributed by atoms with Crippen LogP contribution in [0.25, 0.3) is 0 Å². The van der Waals surface area contributed by atoms with Crippen molar-refractivity contribution in [2.45, 2.75) is 6.92 Å². The number of anilines is 2. The summed E-state index contributed by atoms with van der Waals surface area (Å²) in [5, 5.41) is 9.14. The molecule has 0 heterocycles. The molecule has 0 aromatic heterocycles. The highest BCUT2D eigenvalue weighted by Gasteiger charge is 2.14. The van der Waals surface area contributed by atoms with Crippen molar-refractivity contribution in [1.29, 1.82) is 0 Å². The number of nitrogens with zero attached hydrogens (tertiary/aromatic N) is 2. The largest absolute Gasteiger partial charge is 0.347 e. The van der Waals surface area contributed by atoms with Gasteiger partial charge in [0, 0.05) is 10.7 Å². The Morgan fingerprint density at radius 2 is 1.62 bits per heavy atom. The molecular weight excluding hydrogens is 346 g/mol. The van der Waals surface area contributed by atoms with E-state index in [-0.39, 0.29) is 6.03 Å². The van der Waals surface area contributed by atoms with Gasteiger partial charge in [0.25, 0.3) is 0 Å². The van der Waals surface area contributed by atoms with Gasteiger partial charge in [-0.15, -0.1) is 0 Å². The van der Waals surface area contributed by atoms with Crippen LogP contribution in [-0.2, 0) is 0 Å². The van der Waals surface area contributed by atoms with E-state index in [0.717, 1.165) is 5.56 Å². The van der Waals surface area contributed by atoms with E-state index in [2.05, 4.69) is 10.4 Å². The SMILES string of the molecule is Cc1ccc(/C=N/N(C(=O)Nc2ccc(Cl)cc2)c2ccccc2)cc1. The zero-order valence-corrected chi connectivity index (χ0v) is 15.0. The molecule has 130 valence electrons. The smallest absolute Gasteiger partial charge is 0.306 e. The van der Waals surface area contributed by atoms with Crippen LogP contribution in [-0.4, -0.2) is 12.2 Å². The summed E-state index contributed by atoms with van der Waals surface area (Å²) >= 11 is 5.89. The number of carbonyl (C=O) groups excluding carboxylic acids is 1. The molecule has 0 radical (unpaired) electrons. The zero-order valence-electron chi connectivity index (χ0n) is 14.3. The van der Waals surface area contributed by atoms with Gasteiger partial charge in [0.05, 0.1) is 11.9 Å². The Morgan fingerprint density at radius 3 is 2.27 bits per heavy atom. The van der Waals surface area contributed by atoms with Crippen LogP contribution in [0.4, 0.5) is 16.2 Å². The maximum atomic E-state index is 12.7. The van der Waals surface area contributed by atoms with Gasteiger partial charge in [0.15, 0.2) is 0 Å². The Bertz CT molecular complexity index is 891. The standard InChI is InChI=1S/C21H18ClN3O/c1-16-7-9-17(10-8-16)15-23-25(20-5-3-2-4-6-20)21(26)24-19-13-11-18(22)12-14-19/h2-15H,1H3,(H,24,26)/b23-15+. The Kier molecular flexibility index (Phi) is 5.66. The van der Waals surface area contributed by atoms with Gasteiger partial charge in [-0.1, -0.05) is 59.6 Å². The van der Waals surface area contributed by atoms with E-state index in [9.17, 15) is 4.79 Å². The van der Waals surface area contributed by atoms with Gasteiger partial charge in [0.2, 0.25) is 0 Å². The van der Waals surface area contributed by atoms with Gasteiger partial charge < -0.3 is 5.32 Å². The Morgan fingerprint density at radius 1 is 0.962 bits per heavy atom. The van der Waals surface area contributed by atoms with E-state index < -0.39 is 0 Å². The summed E-state index contributed by atoms with van der Waals surface area (Å²) in [4.78, 5) is 12.7. The third-order valence-electron chi connectivity index (χ3n) is 3.69. The number of halogens is 1. The fourth-order valence-corrected chi connectivity index (χ4v) is 2.42. The summed E-state index contributed by atoms with van der Waals surface area (Å²) in [6, 6.07) is 23.8. The van der Waals surface area contributed by atoms with Gasteiger partial charge in [0.1, 0.15) is 0 Å². The average molecular weight is 364 g/mol. The minimum absolute atomic E-state index is 0.359. The summed E-state index contributed by atoms with van der Waals surface area (Å²) in [5.74, 6) is 0. The molecule has 26 heavy (non-hydrogen) atoms. The normalized spacial score (nSPS) is 10.7. The van der Waals surface area contributed by atoms with Crippen molar-refractivity contribution in [3.63, 3.8) is 0 Å². The van der Waals surface area contributed by atoms with Gasteiger partial charge in [-0.2, -0.15) is 10.1 Å². The third kappa shape index (κ3) is 4.71. The molecule has 2 amide bonds. The molecule has 4 nitrogen and oxygen atoms in total. The second-order valence-electron chi connectivity index (χ2n) is 5.74. The van der Waals surface area contributed by atoms with E-state index in [1.807, 2.05) is 61.5 Å². The second kappa shape index (κ2) is 8.32. The molecule has 0 spiro atoms. The van der Waals surface area contributed by atoms with Crippen LogP contribution in [0.5, 0.6) is 0 Å². The summed E-state index contributed by atoms with van der Waals surface area (Å²) in [7, 11) is 0. The molecule has 0 aliphatic rings. The Balaban J connectivity index is 1.84. The number of urea groups is 1. The lowest BCUT2D eigenvalue weighted by Crippen LogP contribution is -2.30. The first kappa shape index (κ1) is 17.7. The number of amides is 2. The van der Waals surface area contributed by atoms with Crippen molar-refractivity contribution < 1.29 is 4.79 Å². The van der Waals surface area contributed by atoms with Gasteiger partial charge in [-0.25, -0.2) is 4.79 Å². The maximum absolute atomic E-state index is 12.7. The van der Waals surface area contributed by atoms with Crippen molar-refractivity contribution in [2.24, 2.45) is 5.10 Å². The highest BCUT2D eigenvalue weighted by molar-refractivity contribution is 6.30. The van der Waals surface area contributed by atoms with Crippen LogP contribution in [0.3, 0.4) is 0 Å². The fourth-order valence-electron chi connectivity index (χ4n) is 2.29. The van der Waals surface area contributed by atoms with Crippen LogP contribution in [0.1, 0.15) is 11.1 Å². The Labute approximate surface area is 157 Å². The molecule has 0 unspecified atom stereocenters. The van der Waals surface area contributed by atoms with Crippen molar-refractivity contribution in [2.75, 3.05) is 10.3 Å². The summed E-state index contributed by atoms with van der Waals surface area (Å²) in [6.45, 7) is 2.02. The lowest BCUT2D eigenvalue weighted by atomic mass is 10.2. The van der Waals surface area contributed by atoms with Crippen LogP contribution >= 0.6 is 11.6 Å². The third-order valence-corrected chi connectivity index (χ3v) is 3.94. The molecule has 0 bridgehead atoms. The number of hydrogen-bond donors (Lipinski definition) is 1. The minimum Gasteiger partial charge on any atom is -0.306 e. The highest BCUT2D eigenvalue weighted by Crippen LogP contribution is 2.18. The lowest BCUT2D eigenvalue weighted by molar-refractivity contribution is 0.257. The highest BCUT2D eigenvalue weighted by atomic mass is 35.5. The zero-order chi connectivity index (χ0) is 18.4. The monoisotopic (exact) mass is 363 g/mol. The fraction of sp³-hybridized carbons (Fsp3) is 0.0476. The number of hydrogen-bond acceptors (Lipinski definition) is 2. The first-order chi connectivity index (χ1) is 12.6. The van der Waals surface area contributed by atoms with Crippen molar-refractivity contribution in [1.82, 2.24) is 0 Å². The minimum atomic E-state index is -0.359. The van der Waals surface area contributed by atoms with Crippen molar-refractivity contribution >= 4 is 35.2 Å². The number of aryl methyl sites for hydroxylation is 1. The first-order valence-corrected chi connectivity index (χ1v) is 8.52. The van der Waals surface area contributed by atoms with E-state index in [1.54, 1.807) is 30.5 Å². The van der Waals surface area contributed by atoms with E-state index in [4.69, 9.17) is 11.6 Å². The van der Waals surface area contributed by atoms with Gasteiger partial charge in [-0.3, -0.25) is 0 Å². The van der Waals surface area contributed by atoms with E-state index in [1.165, 1.54) is 10.6 Å². The molecule has 1 N–H and O–H groups in total. The molecule has 0 aliphatic carbocycles. The maximum Gasteiger partial charge on any atom is 0.347 e. The second-order valence-corrected chi connectivity index (χ2v) is 6.18. The predicted molar refractivity (Wildman–Crippen MR) is 108 cm³/mol. The van der Waals surface area contributed by atoms with Gasteiger partial charge >= 0.3 is 6.03 Å². The van der Waals surface area contributed by atoms with Crippen LogP contribution < -0.4 is 10.3 Å². The van der Waals surface area contributed by atoms with Crippen LogP contribution in [0.2, 0.25) is 5.02 Å². The van der Waals surface area contributed by atoms with E-state index >= 15 is 0 Å². The topological polar surface area (TPSA) is 44.7 Å². The molecular formula is C21H18ClN3O. The molecule has 0 aliphatic heterocycles. The van der Waals surface area contributed by atoms with Crippen LogP contribution in [0.15, 0.2) is 84.0 Å².